The van der Waals surface area contributed by atoms with Crippen LogP contribution < -0.4 is 9.64 Å². The number of carbonyl (C=O) groups is 1. The number of para-hydroxylation sites is 1. The smallest absolute Gasteiger partial charge is 0.347 e. The molecule has 4 aliphatic rings. The maximum Gasteiger partial charge on any atom is 0.347 e. The van der Waals surface area contributed by atoms with Gasteiger partial charge in [0, 0.05) is 36.2 Å². The van der Waals surface area contributed by atoms with Gasteiger partial charge in [0.2, 0.25) is 0 Å². The predicted octanol–water partition coefficient (Wildman–Crippen LogP) is 4.76. The summed E-state index contributed by atoms with van der Waals surface area (Å²) < 4.78 is 5.59. The Hall–Kier alpha value is -3.01. The highest BCUT2D eigenvalue weighted by Gasteiger charge is 2.44. The van der Waals surface area contributed by atoms with Crippen LogP contribution in [0.3, 0.4) is 0 Å². The monoisotopic (exact) mass is 385 g/mol. The van der Waals surface area contributed by atoms with Crippen LogP contribution in [-0.2, 0) is 0 Å². The van der Waals surface area contributed by atoms with Gasteiger partial charge in [0.05, 0.1) is 0 Å². The van der Waals surface area contributed by atoms with Gasteiger partial charge >= 0.3 is 5.97 Å². The molecule has 146 valence electrons. The summed E-state index contributed by atoms with van der Waals surface area (Å²) in [5.74, 6) is 1.58. The van der Waals surface area contributed by atoms with E-state index >= 15 is 0 Å². The number of hydrogen-bond donors (Lipinski definition) is 1. The lowest BCUT2D eigenvalue weighted by Gasteiger charge is -2.46. The van der Waals surface area contributed by atoms with Crippen molar-refractivity contribution in [3.05, 3.63) is 77.4 Å². The molecule has 0 amide bonds. The molecular weight excluding hydrogens is 362 g/mol. The van der Waals surface area contributed by atoms with E-state index in [-0.39, 0.29) is 17.2 Å². The van der Waals surface area contributed by atoms with Crippen LogP contribution in [-0.4, -0.2) is 24.2 Å². The third-order valence-electron chi connectivity index (χ3n) is 7.01. The molecule has 2 aromatic carbocycles. The second-order valence-electron chi connectivity index (χ2n) is 8.63. The van der Waals surface area contributed by atoms with Gasteiger partial charge in [0.25, 0.3) is 0 Å². The summed E-state index contributed by atoms with van der Waals surface area (Å²) in [4.78, 5) is 15.5. The number of phenolic OH excluding ortho intramolecular Hbond substituents is 1. The molecule has 0 bridgehead atoms. The van der Waals surface area contributed by atoms with Gasteiger partial charge in [-0.25, -0.2) is 4.79 Å². The first-order valence-electron chi connectivity index (χ1n) is 10.5. The van der Waals surface area contributed by atoms with Crippen LogP contribution in [0.1, 0.15) is 46.2 Å². The second kappa shape index (κ2) is 6.24. The van der Waals surface area contributed by atoms with Gasteiger partial charge in [-0.3, -0.25) is 0 Å². The zero-order valence-corrected chi connectivity index (χ0v) is 16.1. The van der Waals surface area contributed by atoms with Crippen molar-refractivity contribution in [2.45, 2.75) is 24.7 Å². The predicted molar refractivity (Wildman–Crippen MR) is 112 cm³/mol. The summed E-state index contributed by atoms with van der Waals surface area (Å²) in [5.41, 5.74) is 3.52. The van der Waals surface area contributed by atoms with Gasteiger partial charge in [-0.15, -0.1) is 0 Å². The van der Waals surface area contributed by atoms with E-state index in [1.54, 1.807) is 12.1 Å². The SMILES string of the molecule is O=C(Oc1ccccc1)c1cc2c3c(c1O)[C@H]1C=CC[C@H]1CN3C[C@H]1CC=C[C@H]21. The van der Waals surface area contributed by atoms with Crippen LogP contribution in [0, 0.1) is 11.8 Å². The van der Waals surface area contributed by atoms with E-state index in [0.29, 0.717) is 23.5 Å². The van der Waals surface area contributed by atoms with E-state index in [4.69, 9.17) is 4.74 Å². The molecule has 6 rings (SSSR count). The first kappa shape index (κ1) is 16.9. The summed E-state index contributed by atoms with van der Waals surface area (Å²) >= 11 is 0. The van der Waals surface area contributed by atoms with E-state index < -0.39 is 5.97 Å². The number of anilines is 1. The zero-order chi connectivity index (χ0) is 19.5. The average Bonchev–Trinajstić information content (AvgIpc) is 3.39. The topological polar surface area (TPSA) is 49.8 Å². The lowest BCUT2D eigenvalue weighted by atomic mass is 9.74. The van der Waals surface area contributed by atoms with E-state index in [9.17, 15) is 9.90 Å². The lowest BCUT2D eigenvalue weighted by Crippen LogP contribution is -2.44. The molecule has 0 spiro atoms. The Kier molecular flexibility index (Phi) is 3.64. The number of nitrogens with zero attached hydrogens (tertiary/aromatic N) is 1. The van der Waals surface area contributed by atoms with Gasteiger partial charge < -0.3 is 14.7 Å². The molecule has 0 aromatic heterocycles. The fourth-order valence-electron chi connectivity index (χ4n) is 5.73. The molecule has 1 N–H and O–H groups in total. The van der Waals surface area contributed by atoms with Gasteiger partial charge in [-0.1, -0.05) is 42.5 Å². The van der Waals surface area contributed by atoms with Gasteiger partial charge in [0.1, 0.15) is 17.1 Å². The number of rotatable bonds is 2. The van der Waals surface area contributed by atoms with Crippen molar-refractivity contribution in [3.8, 4) is 11.5 Å². The van der Waals surface area contributed by atoms with E-state index in [1.165, 1.54) is 5.56 Å². The van der Waals surface area contributed by atoms with Crippen LogP contribution in [0.2, 0.25) is 0 Å². The maximum absolute atomic E-state index is 13.0. The molecular formula is C25H23NO3. The molecule has 4 atom stereocenters. The van der Waals surface area contributed by atoms with Gasteiger partial charge in [0.15, 0.2) is 0 Å². The summed E-state index contributed by atoms with van der Waals surface area (Å²) in [6.07, 6.45) is 11.1. The molecule has 29 heavy (non-hydrogen) atoms. The molecule has 0 saturated heterocycles. The fraction of sp³-hybridized carbons (Fsp3) is 0.320. The van der Waals surface area contributed by atoms with Crippen molar-refractivity contribution in [1.29, 1.82) is 0 Å². The number of hydrogen-bond acceptors (Lipinski definition) is 4. The maximum atomic E-state index is 13.0. The number of allylic oxidation sites excluding steroid dienone is 4. The summed E-state index contributed by atoms with van der Waals surface area (Å²) in [7, 11) is 0. The van der Waals surface area contributed by atoms with Crippen LogP contribution in [0.25, 0.3) is 0 Å². The highest BCUT2D eigenvalue weighted by molar-refractivity contribution is 5.96. The number of benzene rings is 2. The van der Waals surface area contributed by atoms with Crippen LogP contribution in [0.15, 0.2) is 60.7 Å². The van der Waals surface area contributed by atoms with Crippen LogP contribution in [0.4, 0.5) is 5.69 Å². The number of phenols is 1. The highest BCUT2D eigenvalue weighted by Crippen LogP contribution is 2.56. The normalized spacial score (nSPS) is 28.1. The molecule has 2 aromatic rings. The molecule has 0 saturated carbocycles. The molecule has 2 aliphatic heterocycles. The average molecular weight is 385 g/mol. The van der Waals surface area contributed by atoms with Crippen molar-refractivity contribution < 1.29 is 14.6 Å². The number of esters is 1. The first-order chi connectivity index (χ1) is 14.2. The summed E-state index contributed by atoms with van der Waals surface area (Å²) in [6, 6.07) is 10.9. The summed E-state index contributed by atoms with van der Waals surface area (Å²) in [5, 5.41) is 11.3. The van der Waals surface area contributed by atoms with E-state index in [2.05, 4.69) is 29.2 Å². The van der Waals surface area contributed by atoms with Gasteiger partial charge in [-0.05, 0) is 48.4 Å². The molecule has 0 radical (unpaired) electrons. The molecule has 0 fully saturated rings. The minimum Gasteiger partial charge on any atom is -0.507 e. The van der Waals surface area contributed by atoms with Crippen LogP contribution in [0.5, 0.6) is 11.5 Å². The Morgan fingerprint density at radius 2 is 1.69 bits per heavy atom. The minimum absolute atomic E-state index is 0.0938. The van der Waals surface area contributed by atoms with Crippen molar-refractivity contribution in [2.75, 3.05) is 18.0 Å². The number of carbonyl (C=O) groups excluding carboxylic acids is 1. The standard InChI is InChI=1S/C25H23NO3/c27-24-21(25(28)29-17-8-2-1-3-9-17)12-20-18-10-4-6-15(18)13-26-14-16-7-5-11-19(16)22(24)23(20)26/h1-5,8-12,15-16,18-19,27H,6-7,13-14H2/t15-,16+,18+,19+/m1/s1. The van der Waals surface area contributed by atoms with E-state index in [1.807, 2.05) is 24.3 Å². The minimum atomic E-state index is -0.493. The Labute approximate surface area is 170 Å². The molecule has 2 heterocycles. The number of fused-ring (bicyclic) bond motifs is 4. The third-order valence-corrected chi connectivity index (χ3v) is 7.01. The Morgan fingerprint density at radius 1 is 1.00 bits per heavy atom. The van der Waals surface area contributed by atoms with Crippen molar-refractivity contribution in [2.24, 2.45) is 11.8 Å². The van der Waals surface area contributed by atoms with Crippen molar-refractivity contribution in [3.63, 3.8) is 0 Å². The molecule has 2 aliphatic carbocycles. The molecule has 4 heteroatoms. The van der Waals surface area contributed by atoms with E-state index in [0.717, 1.165) is 37.2 Å². The first-order valence-corrected chi connectivity index (χ1v) is 10.5. The molecule has 4 nitrogen and oxygen atoms in total. The van der Waals surface area contributed by atoms with Gasteiger partial charge in [-0.2, -0.15) is 0 Å². The summed E-state index contributed by atoms with van der Waals surface area (Å²) in [6.45, 7) is 2.04. The quantitative estimate of drug-likeness (QED) is 0.460. The Balaban J connectivity index is 1.51. The van der Waals surface area contributed by atoms with Crippen LogP contribution >= 0.6 is 0 Å². The molecule has 0 unspecified atom stereocenters. The largest absolute Gasteiger partial charge is 0.507 e. The zero-order valence-electron chi connectivity index (χ0n) is 16.1. The number of ether oxygens (including phenoxy) is 1. The van der Waals surface area contributed by atoms with Crippen molar-refractivity contribution >= 4 is 11.7 Å². The fourth-order valence-corrected chi connectivity index (χ4v) is 5.73. The highest BCUT2D eigenvalue weighted by atomic mass is 16.5. The lowest BCUT2D eigenvalue weighted by molar-refractivity contribution is 0.0731. The second-order valence-corrected chi connectivity index (χ2v) is 8.63. The number of aromatic hydroxyl groups is 1. The Morgan fingerprint density at radius 3 is 2.45 bits per heavy atom. The Bertz CT molecular complexity index is 1050. The third kappa shape index (κ3) is 2.48. The van der Waals surface area contributed by atoms with Crippen molar-refractivity contribution in [1.82, 2.24) is 0 Å².